The quantitative estimate of drug-likeness (QED) is 0.0812. The average molecular weight is 1010 g/mol. The van der Waals surface area contributed by atoms with E-state index in [9.17, 15) is 0 Å². The van der Waals surface area contributed by atoms with Crippen molar-refractivity contribution in [3.63, 3.8) is 0 Å². The van der Waals surface area contributed by atoms with Crippen LogP contribution in [0.4, 0.5) is 0 Å². The van der Waals surface area contributed by atoms with Crippen LogP contribution in [-0.4, -0.2) is 70.4 Å². The first-order valence-corrected chi connectivity index (χ1v) is 23.7. The Balaban J connectivity index is 0.00000296. The topological polar surface area (TPSA) is 44.2 Å². The monoisotopic (exact) mass is 1010 g/mol. The number of rotatable bonds is 17. The summed E-state index contributed by atoms with van der Waals surface area (Å²) in [5.74, 6) is 2.22. The molecular weight excluding hydrogens is 944 g/mol. The number of hydrogen-bond acceptors (Lipinski definition) is 4. The van der Waals surface area contributed by atoms with Crippen LogP contribution in [0.3, 0.4) is 0 Å². The first kappa shape index (κ1) is 47.9. The van der Waals surface area contributed by atoms with Crippen molar-refractivity contribution >= 4 is 21.8 Å². The molecule has 4 aromatic carbocycles. The van der Waals surface area contributed by atoms with Gasteiger partial charge in [-0.3, -0.25) is 9.97 Å². The van der Waals surface area contributed by atoms with E-state index in [1.165, 1.54) is 57.0 Å². The van der Waals surface area contributed by atoms with Crippen molar-refractivity contribution in [1.82, 2.24) is 9.97 Å². The number of halogens is 2. The minimum Gasteiger partial charge on any atom is -1.00 e. The van der Waals surface area contributed by atoms with E-state index >= 15 is 0 Å². The van der Waals surface area contributed by atoms with Crippen molar-refractivity contribution in [2.45, 2.75) is 63.1 Å². The average Bonchev–Trinajstić information content (AvgIpc) is 3.34. The number of quaternary nitrogens is 2. The molecule has 66 heavy (non-hydrogen) atoms. The fourth-order valence-electron chi connectivity index (χ4n) is 13.0. The third-order valence-corrected chi connectivity index (χ3v) is 16.0. The molecule has 6 aromatic rings. The second kappa shape index (κ2) is 20.8. The Bertz CT molecular complexity index is 2490. The number of para-hydroxylation sites is 2. The van der Waals surface area contributed by atoms with Crippen molar-refractivity contribution in [2.24, 2.45) is 23.7 Å². The van der Waals surface area contributed by atoms with Crippen LogP contribution in [0.15, 0.2) is 172 Å². The van der Waals surface area contributed by atoms with E-state index in [1.807, 2.05) is 24.5 Å². The number of piperidine rings is 6. The highest BCUT2D eigenvalue weighted by molar-refractivity contribution is 5.83. The lowest BCUT2D eigenvalue weighted by molar-refractivity contribution is -0.985. The van der Waals surface area contributed by atoms with Crippen molar-refractivity contribution in [3.05, 3.63) is 194 Å². The third kappa shape index (κ3) is 9.10. The fourth-order valence-corrected chi connectivity index (χ4v) is 13.0. The fraction of sp³-hybridized carbons (Fsp3) is 0.345. The number of benzene rings is 4. The van der Waals surface area contributed by atoms with Gasteiger partial charge < -0.3 is 52.4 Å². The lowest BCUT2D eigenvalue weighted by atomic mass is 9.71. The summed E-state index contributed by atoms with van der Waals surface area (Å²) in [6.07, 6.45) is 16.7. The summed E-state index contributed by atoms with van der Waals surface area (Å²) in [4.78, 5) is 9.48. The number of aromatic nitrogens is 2. The van der Waals surface area contributed by atoms with Crippen LogP contribution >= 0.6 is 0 Å². The van der Waals surface area contributed by atoms with Crippen LogP contribution in [-0.2, 0) is 22.6 Å². The summed E-state index contributed by atoms with van der Waals surface area (Å²) in [5.41, 5.74) is 9.80. The summed E-state index contributed by atoms with van der Waals surface area (Å²) in [6.45, 7) is 24.2. The van der Waals surface area contributed by atoms with Gasteiger partial charge in [-0.15, -0.1) is 26.3 Å². The van der Waals surface area contributed by atoms with Gasteiger partial charge >= 0.3 is 0 Å². The highest BCUT2D eigenvalue weighted by atomic mass is 79.9. The standard InChI is InChI=1S/C58H64N4O2.2BrH/c1-5-31-63-57(51-23-27-59-53-21-11-9-19-49(51)53)55-35-47-25-29-61(55,39-43(47)7-3)37-41-15-13-17-45(33-41)46-18-14-16-42(34-46)38-62-30-26-48(44(8-4)40-62)36-56(62)58(64-32-6-2)52-24-28-60-54-22-12-10-20-50(52)54;;/h5-24,27-28,33-34,43-44,47-48,55-58H,1-4,25-26,29-32,35-40H2;2*1H/q+2;;/p-2/t43?,44?,47?,48?,55?,56?,57-,58-,61?,62?;;/m1../s1. The van der Waals surface area contributed by atoms with Gasteiger partial charge in [-0.25, -0.2) is 0 Å². The predicted octanol–water partition coefficient (Wildman–Crippen LogP) is 6.17. The molecule has 0 saturated carbocycles. The minimum absolute atomic E-state index is 0. The van der Waals surface area contributed by atoms with Crippen LogP contribution in [0, 0.1) is 23.7 Å². The van der Waals surface area contributed by atoms with Gasteiger partial charge in [0, 0.05) is 71.8 Å². The Kier molecular flexibility index (Phi) is 15.1. The molecule has 342 valence electrons. The molecule has 6 saturated heterocycles. The van der Waals surface area contributed by atoms with Crippen LogP contribution < -0.4 is 34.0 Å². The second-order valence-corrected chi connectivity index (χ2v) is 19.4. The lowest BCUT2D eigenvalue weighted by Crippen LogP contribution is -3.00. The van der Waals surface area contributed by atoms with Crippen LogP contribution in [0.2, 0.25) is 0 Å². The van der Waals surface area contributed by atoms with Gasteiger partial charge in [-0.05, 0) is 70.5 Å². The molecular formula is C58H64Br2N4O2. The molecule has 6 nitrogen and oxygen atoms in total. The van der Waals surface area contributed by atoms with Gasteiger partial charge in [0.1, 0.15) is 37.4 Å². The summed E-state index contributed by atoms with van der Waals surface area (Å²) in [5, 5.41) is 2.36. The molecule has 6 fully saturated rings. The van der Waals surface area contributed by atoms with Gasteiger partial charge in [-0.1, -0.05) is 97.1 Å². The number of pyridine rings is 2. The van der Waals surface area contributed by atoms with Crippen molar-refractivity contribution in [3.8, 4) is 11.1 Å². The van der Waals surface area contributed by atoms with E-state index in [1.54, 1.807) is 0 Å². The summed E-state index contributed by atoms with van der Waals surface area (Å²) >= 11 is 0. The summed E-state index contributed by atoms with van der Waals surface area (Å²) in [6, 6.07) is 40.8. The molecule has 4 bridgehead atoms. The molecule has 0 aliphatic carbocycles. The molecule has 8 unspecified atom stereocenters. The molecule has 0 spiro atoms. The normalized spacial score (nSPS) is 27.3. The Hall–Kier alpha value is -4.54. The molecule has 6 aliphatic rings. The highest BCUT2D eigenvalue weighted by Crippen LogP contribution is 2.51. The number of nitrogens with zero attached hydrogens (tertiary/aromatic N) is 4. The van der Waals surface area contributed by atoms with Crippen LogP contribution in [0.5, 0.6) is 0 Å². The second-order valence-electron chi connectivity index (χ2n) is 19.4. The van der Waals surface area contributed by atoms with E-state index < -0.39 is 0 Å². The molecule has 6 aliphatic heterocycles. The maximum atomic E-state index is 6.89. The van der Waals surface area contributed by atoms with Crippen molar-refractivity contribution in [2.75, 3.05) is 39.4 Å². The van der Waals surface area contributed by atoms with E-state index in [2.05, 4.69) is 148 Å². The summed E-state index contributed by atoms with van der Waals surface area (Å²) < 4.78 is 15.8. The van der Waals surface area contributed by atoms with Gasteiger partial charge in [0.05, 0.1) is 50.4 Å². The zero-order chi connectivity index (χ0) is 43.7. The Morgan fingerprint density at radius 3 is 1.42 bits per heavy atom. The van der Waals surface area contributed by atoms with Crippen LogP contribution in [0.25, 0.3) is 32.9 Å². The molecule has 0 amide bonds. The molecule has 8 heteroatoms. The highest BCUT2D eigenvalue weighted by Gasteiger charge is 2.56. The van der Waals surface area contributed by atoms with E-state index in [0.29, 0.717) is 49.0 Å². The lowest BCUT2D eigenvalue weighted by Gasteiger charge is -2.58. The Labute approximate surface area is 413 Å². The van der Waals surface area contributed by atoms with Crippen molar-refractivity contribution in [1.29, 1.82) is 0 Å². The maximum absolute atomic E-state index is 6.89. The predicted molar refractivity (Wildman–Crippen MR) is 261 cm³/mol. The Morgan fingerprint density at radius 2 is 1.00 bits per heavy atom. The third-order valence-electron chi connectivity index (χ3n) is 16.0. The smallest absolute Gasteiger partial charge is 0.135 e. The Morgan fingerprint density at radius 1 is 0.561 bits per heavy atom. The zero-order valence-electron chi connectivity index (χ0n) is 38.2. The van der Waals surface area contributed by atoms with Gasteiger partial charge in [0.2, 0.25) is 0 Å². The van der Waals surface area contributed by atoms with Gasteiger partial charge in [0.15, 0.2) is 0 Å². The molecule has 0 radical (unpaired) electrons. The van der Waals surface area contributed by atoms with E-state index in [4.69, 9.17) is 19.4 Å². The number of ether oxygens (including phenoxy) is 2. The SMILES string of the molecule is C=CCO[C@H](c1ccnc2ccccc12)C1CC2CC[N+]1(Cc1cccc(-c3cccc(C[N+]45CCC(CC4[C@H](OCC=C)c4ccnc6ccccc46)C(C=C)C5)c3)c1)CC2C=C.[Br-].[Br-]. The number of hydrogen-bond donors (Lipinski definition) is 0. The first-order valence-electron chi connectivity index (χ1n) is 23.7. The van der Waals surface area contributed by atoms with E-state index in [0.717, 1.165) is 72.1 Å². The maximum Gasteiger partial charge on any atom is 0.135 e. The van der Waals surface area contributed by atoms with E-state index in [-0.39, 0.29) is 46.2 Å². The zero-order valence-corrected chi connectivity index (χ0v) is 41.3. The molecule has 2 aromatic heterocycles. The molecule has 0 N–H and O–H groups in total. The molecule has 10 atom stereocenters. The molecule has 12 rings (SSSR count). The molecule has 8 heterocycles. The summed E-state index contributed by atoms with van der Waals surface area (Å²) in [7, 11) is 0. The number of fused-ring (bicyclic) bond motifs is 8. The van der Waals surface area contributed by atoms with Crippen LogP contribution in [0.1, 0.15) is 60.1 Å². The van der Waals surface area contributed by atoms with Crippen molar-refractivity contribution < 1.29 is 52.4 Å². The van der Waals surface area contributed by atoms with Gasteiger partial charge in [0.25, 0.3) is 0 Å². The largest absolute Gasteiger partial charge is 1.00 e. The minimum atomic E-state index is -0.0738. The first-order chi connectivity index (χ1) is 31.4. The van der Waals surface area contributed by atoms with Gasteiger partial charge in [-0.2, -0.15) is 0 Å².